The van der Waals surface area contributed by atoms with Crippen molar-refractivity contribution >= 4 is 11.7 Å². The highest BCUT2D eigenvalue weighted by Gasteiger charge is 2.07. The number of carbonyl (C=O) groups excluding carboxylic acids is 2. The molecule has 0 aliphatic rings. The summed E-state index contributed by atoms with van der Waals surface area (Å²) in [5.41, 5.74) is 0. The molecule has 0 radical (unpaired) electrons. The lowest BCUT2D eigenvalue weighted by Crippen LogP contribution is -2.32. The van der Waals surface area contributed by atoms with Crippen molar-refractivity contribution in [2.75, 3.05) is 0 Å². The van der Waals surface area contributed by atoms with Crippen molar-refractivity contribution in [1.29, 1.82) is 0 Å². The van der Waals surface area contributed by atoms with Crippen LogP contribution in [-0.4, -0.2) is 17.7 Å². The fraction of sp³-hybridized carbons (Fsp3) is 0.909. The van der Waals surface area contributed by atoms with Gasteiger partial charge in [0.05, 0.1) is 0 Å². The zero-order valence-corrected chi connectivity index (χ0v) is 17.2. The minimum atomic E-state index is 0.110. The van der Waals surface area contributed by atoms with Gasteiger partial charge in [-0.25, -0.2) is 0 Å². The Hall–Kier alpha value is -0.860. The Morgan fingerprint density at radius 1 is 0.720 bits per heavy atom. The zero-order chi connectivity index (χ0) is 18.8. The highest BCUT2D eigenvalue weighted by Crippen LogP contribution is 2.13. The quantitative estimate of drug-likeness (QED) is 0.292. The maximum Gasteiger partial charge on any atom is 0.220 e. The smallest absolute Gasteiger partial charge is 0.220 e. The first-order valence-corrected chi connectivity index (χ1v) is 10.8. The first kappa shape index (κ1) is 24.1. The second kappa shape index (κ2) is 17.9. The van der Waals surface area contributed by atoms with Gasteiger partial charge in [0.25, 0.3) is 0 Å². The number of rotatable bonds is 18. The van der Waals surface area contributed by atoms with E-state index in [-0.39, 0.29) is 17.7 Å². The third-order valence-corrected chi connectivity index (χ3v) is 4.84. The molecule has 0 heterocycles. The van der Waals surface area contributed by atoms with Gasteiger partial charge in [-0.2, -0.15) is 0 Å². The highest BCUT2D eigenvalue weighted by atomic mass is 16.1. The maximum absolute atomic E-state index is 11.8. The van der Waals surface area contributed by atoms with Gasteiger partial charge in [-0.05, 0) is 26.7 Å². The molecule has 0 fully saturated rings. The van der Waals surface area contributed by atoms with Crippen LogP contribution in [0.2, 0.25) is 0 Å². The number of amides is 1. The Labute approximate surface area is 156 Å². The van der Waals surface area contributed by atoms with E-state index in [1.807, 2.05) is 6.92 Å². The van der Waals surface area contributed by atoms with Gasteiger partial charge in [0, 0.05) is 18.9 Å². The highest BCUT2D eigenvalue weighted by molar-refractivity contribution is 5.77. The molecule has 25 heavy (non-hydrogen) atoms. The summed E-state index contributed by atoms with van der Waals surface area (Å²) >= 11 is 0. The molecule has 1 N–H and O–H groups in total. The molecule has 0 aliphatic heterocycles. The summed E-state index contributed by atoms with van der Waals surface area (Å²) in [6.45, 7) is 5.84. The van der Waals surface area contributed by atoms with Crippen molar-refractivity contribution in [3.05, 3.63) is 0 Å². The number of ketones is 1. The number of carbonyl (C=O) groups is 2. The van der Waals surface area contributed by atoms with Crippen LogP contribution in [0.15, 0.2) is 0 Å². The van der Waals surface area contributed by atoms with E-state index < -0.39 is 0 Å². The summed E-state index contributed by atoms with van der Waals surface area (Å²) in [5.74, 6) is 0.330. The first-order valence-electron chi connectivity index (χ1n) is 10.8. The first-order chi connectivity index (χ1) is 12.1. The van der Waals surface area contributed by atoms with Crippen molar-refractivity contribution in [2.24, 2.45) is 0 Å². The van der Waals surface area contributed by atoms with Crippen LogP contribution < -0.4 is 5.32 Å². The minimum Gasteiger partial charge on any atom is -0.354 e. The molecule has 1 unspecified atom stereocenters. The molecule has 0 aromatic carbocycles. The zero-order valence-electron chi connectivity index (χ0n) is 17.2. The average Bonchev–Trinajstić information content (AvgIpc) is 2.57. The van der Waals surface area contributed by atoms with Crippen molar-refractivity contribution in [2.45, 2.75) is 130 Å². The van der Waals surface area contributed by atoms with Crippen molar-refractivity contribution < 1.29 is 9.59 Å². The average molecular weight is 354 g/mol. The second-order valence-corrected chi connectivity index (χ2v) is 7.70. The molecule has 0 saturated heterocycles. The standard InChI is InChI=1S/C22H43NO2/c1-4-5-6-7-8-9-10-11-12-13-14-15-16-17-22(25)23-20(2)18-19-21(3)24/h20H,4-19H2,1-3H3,(H,23,25). The Morgan fingerprint density at radius 3 is 1.60 bits per heavy atom. The molecule has 1 atom stereocenters. The molecule has 0 aliphatic carbocycles. The van der Waals surface area contributed by atoms with E-state index in [0.717, 1.165) is 19.3 Å². The van der Waals surface area contributed by atoms with Gasteiger partial charge in [-0.3, -0.25) is 4.79 Å². The van der Waals surface area contributed by atoms with Gasteiger partial charge in [0.2, 0.25) is 5.91 Å². The Kier molecular flexibility index (Phi) is 17.3. The van der Waals surface area contributed by atoms with Crippen LogP contribution in [0.5, 0.6) is 0 Å². The van der Waals surface area contributed by atoms with Crippen LogP contribution >= 0.6 is 0 Å². The van der Waals surface area contributed by atoms with Gasteiger partial charge in [-0.1, -0.05) is 84.0 Å². The number of hydrogen-bond acceptors (Lipinski definition) is 2. The minimum absolute atomic E-state index is 0.110. The molecule has 0 rings (SSSR count). The molecule has 1 amide bonds. The molecule has 0 bridgehead atoms. The monoisotopic (exact) mass is 353 g/mol. The van der Waals surface area contributed by atoms with E-state index in [4.69, 9.17) is 0 Å². The molecule has 0 aromatic heterocycles. The fourth-order valence-corrected chi connectivity index (χ4v) is 3.14. The lowest BCUT2D eigenvalue weighted by atomic mass is 10.0. The van der Waals surface area contributed by atoms with Crippen LogP contribution in [0, 0.1) is 0 Å². The number of nitrogens with one attached hydrogen (secondary N) is 1. The Balaban J connectivity index is 3.27. The Morgan fingerprint density at radius 2 is 1.16 bits per heavy atom. The summed E-state index contributed by atoms with van der Waals surface area (Å²) in [6, 6.07) is 0.110. The molecule has 148 valence electrons. The largest absolute Gasteiger partial charge is 0.354 e. The second-order valence-electron chi connectivity index (χ2n) is 7.70. The number of Topliss-reactive ketones (excluding diaryl/α,β-unsaturated/α-hetero) is 1. The summed E-state index contributed by atoms with van der Waals surface area (Å²) < 4.78 is 0. The van der Waals surface area contributed by atoms with E-state index in [0.29, 0.717) is 12.8 Å². The molecule has 3 nitrogen and oxygen atoms in total. The van der Waals surface area contributed by atoms with Crippen molar-refractivity contribution in [3.8, 4) is 0 Å². The van der Waals surface area contributed by atoms with Crippen LogP contribution in [0.1, 0.15) is 124 Å². The van der Waals surface area contributed by atoms with Crippen LogP contribution in [0.25, 0.3) is 0 Å². The van der Waals surface area contributed by atoms with Crippen LogP contribution in [-0.2, 0) is 9.59 Å². The molecule has 0 aromatic rings. The van der Waals surface area contributed by atoms with Crippen molar-refractivity contribution in [3.63, 3.8) is 0 Å². The fourth-order valence-electron chi connectivity index (χ4n) is 3.14. The van der Waals surface area contributed by atoms with Crippen molar-refractivity contribution in [1.82, 2.24) is 5.32 Å². The van der Waals surface area contributed by atoms with Gasteiger partial charge in [0.1, 0.15) is 5.78 Å². The van der Waals surface area contributed by atoms with Gasteiger partial charge >= 0.3 is 0 Å². The van der Waals surface area contributed by atoms with Gasteiger partial charge < -0.3 is 10.1 Å². The van der Waals surface area contributed by atoms with Crippen LogP contribution in [0.3, 0.4) is 0 Å². The lowest BCUT2D eigenvalue weighted by molar-refractivity contribution is -0.122. The number of hydrogen-bond donors (Lipinski definition) is 1. The third-order valence-electron chi connectivity index (χ3n) is 4.84. The third kappa shape index (κ3) is 19.3. The molecular formula is C22H43NO2. The van der Waals surface area contributed by atoms with E-state index in [1.54, 1.807) is 6.92 Å². The van der Waals surface area contributed by atoms with Gasteiger partial charge in [0.15, 0.2) is 0 Å². The normalized spacial score (nSPS) is 12.1. The van der Waals surface area contributed by atoms with E-state index in [2.05, 4.69) is 12.2 Å². The lowest BCUT2D eigenvalue weighted by Gasteiger charge is -2.12. The summed E-state index contributed by atoms with van der Waals surface area (Å²) in [4.78, 5) is 22.7. The SMILES string of the molecule is CCCCCCCCCCCCCCCC(=O)NC(C)CCC(C)=O. The summed E-state index contributed by atoms with van der Waals surface area (Å²) in [5, 5.41) is 2.99. The van der Waals surface area contributed by atoms with Gasteiger partial charge in [-0.15, -0.1) is 0 Å². The topological polar surface area (TPSA) is 46.2 Å². The van der Waals surface area contributed by atoms with E-state index >= 15 is 0 Å². The summed E-state index contributed by atoms with van der Waals surface area (Å²) in [7, 11) is 0. The molecule has 0 saturated carbocycles. The van der Waals surface area contributed by atoms with E-state index in [9.17, 15) is 9.59 Å². The molecular weight excluding hydrogens is 310 g/mol. The van der Waals surface area contributed by atoms with Crippen LogP contribution in [0.4, 0.5) is 0 Å². The Bertz CT molecular complexity index is 328. The molecule has 3 heteroatoms. The number of unbranched alkanes of at least 4 members (excludes halogenated alkanes) is 12. The molecule has 0 spiro atoms. The predicted octanol–water partition coefficient (Wildman–Crippen LogP) is 6.34. The van der Waals surface area contributed by atoms with E-state index in [1.165, 1.54) is 70.6 Å². The predicted molar refractivity (Wildman–Crippen MR) is 108 cm³/mol. The summed E-state index contributed by atoms with van der Waals surface area (Å²) in [6.07, 6.45) is 19.2. The maximum atomic E-state index is 11.8.